The van der Waals surface area contributed by atoms with E-state index in [4.69, 9.17) is 4.74 Å². The highest BCUT2D eigenvalue weighted by molar-refractivity contribution is 7.90. The molecule has 0 unspecified atom stereocenters. The molecule has 0 aromatic heterocycles. The van der Waals surface area contributed by atoms with Gasteiger partial charge in [-0.15, -0.1) is 0 Å². The Morgan fingerprint density at radius 3 is 2.80 bits per heavy atom. The Balaban J connectivity index is 2.57. The van der Waals surface area contributed by atoms with Crippen molar-refractivity contribution < 1.29 is 17.9 Å². The SMILES string of the molecule is CCOc1ccc2c(c1)S(=O)(=O)NC2=O. The predicted octanol–water partition coefficient (Wildman–Crippen LogP) is 0.517. The molecule has 5 nitrogen and oxygen atoms in total. The summed E-state index contributed by atoms with van der Waals surface area (Å²) >= 11 is 0. The van der Waals surface area contributed by atoms with Crippen molar-refractivity contribution in [2.45, 2.75) is 11.8 Å². The van der Waals surface area contributed by atoms with Gasteiger partial charge in [-0.1, -0.05) is 0 Å². The van der Waals surface area contributed by atoms with Crippen LogP contribution in [0.25, 0.3) is 0 Å². The Labute approximate surface area is 87.1 Å². The molecule has 80 valence electrons. The molecule has 2 rings (SSSR count). The number of nitrogens with one attached hydrogen (secondary N) is 1. The minimum absolute atomic E-state index is 0.0153. The van der Waals surface area contributed by atoms with Crippen molar-refractivity contribution >= 4 is 15.9 Å². The van der Waals surface area contributed by atoms with Gasteiger partial charge in [-0.3, -0.25) is 4.79 Å². The first-order valence-corrected chi connectivity index (χ1v) is 5.87. The van der Waals surface area contributed by atoms with Gasteiger partial charge in [-0.05, 0) is 19.1 Å². The maximum Gasteiger partial charge on any atom is 0.266 e. The molecule has 6 heteroatoms. The van der Waals surface area contributed by atoms with Crippen LogP contribution >= 0.6 is 0 Å². The molecule has 0 bridgehead atoms. The largest absolute Gasteiger partial charge is 0.494 e. The standard InChI is InChI=1S/C9H9NO4S/c1-2-14-6-3-4-7-8(5-6)15(12,13)10-9(7)11/h3-5H,2H2,1H3,(H,10,11). The minimum Gasteiger partial charge on any atom is -0.494 e. The normalized spacial score (nSPS) is 17.0. The smallest absolute Gasteiger partial charge is 0.266 e. The van der Waals surface area contributed by atoms with Crippen LogP contribution in [0.4, 0.5) is 0 Å². The van der Waals surface area contributed by atoms with E-state index in [0.29, 0.717) is 12.4 Å². The van der Waals surface area contributed by atoms with Crippen LogP contribution in [0.3, 0.4) is 0 Å². The highest BCUT2D eigenvalue weighted by Crippen LogP contribution is 2.26. The summed E-state index contributed by atoms with van der Waals surface area (Å²) in [6.45, 7) is 2.24. The number of sulfonamides is 1. The van der Waals surface area contributed by atoms with E-state index in [2.05, 4.69) is 0 Å². The lowest BCUT2D eigenvalue weighted by Crippen LogP contribution is -2.20. The highest BCUT2D eigenvalue weighted by Gasteiger charge is 2.32. The van der Waals surface area contributed by atoms with Gasteiger partial charge in [0.2, 0.25) is 0 Å². The Hall–Kier alpha value is -1.56. The number of ether oxygens (including phenoxy) is 1. The predicted molar refractivity (Wildman–Crippen MR) is 52.3 cm³/mol. The molecule has 1 aromatic rings. The van der Waals surface area contributed by atoms with Crippen molar-refractivity contribution in [1.29, 1.82) is 0 Å². The fraction of sp³-hybridized carbons (Fsp3) is 0.222. The van der Waals surface area contributed by atoms with Crippen LogP contribution in [-0.4, -0.2) is 20.9 Å². The number of amides is 1. The molecular weight excluding hydrogens is 218 g/mol. The summed E-state index contributed by atoms with van der Waals surface area (Å²) in [7, 11) is -3.68. The fourth-order valence-electron chi connectivity index (χ4n) is 1.40. The Bertz CT molecular complexity index is 521. The zero-order chi connectivity index (χ0) is 11.1. The fourth-order valence-corrected chi connectivity index (χ4v) is 2.59. The lowest BCUT2D eigenvalue weighted by atomic mass is 10.2. The molecule has 15 heavy (non-hydrogen) atoms. The second-order valence-corrected chi connectivity index (χ2v) is 4.68. The zero-order valence-corrected chi connectivity index (χ0v) is 8.80. The number of rotatable bonds is 2. The van der Waals surface area contributed by atoms with E-state index >= 15 is 0 Å². The van der Waals surface area contributed by atoms with E-state index in [-0.39, 0.29) is 10.5 Å². The maximum atomic E-state index is 11.4. The van der Waals surface area contributed by atoms with E-state index in [1.807, 2.05) is 4.72 Å². The van der Waals surface area contributed by atoms with Crippen LogP contribution in [0.5, 0.6) is 5.75 Å². The summed E-state index contributed by atoms with van der Waals surface area (Å²) in [5.74, 6) is -0.149. The number of hydrogen-bond donors (Lipinski definition) is 1. The van der Waals surface area contributed by atoms with Gasteiger partial charge in [0.1, 0.15) is 10.6 Å². The third-order valence-corrected chi connectivity index (χ3v) is 3.40. The quantitative estimate of drug-likeness (QED) is 0.799. The molecule has 1 aliphatic heterocycles. The summed E-state index contributed by atoms with van der Waals surface area (Å²) in [4.78, 5) is 11.2. The minimum atomic E-state index is -3.68. The van der Waals surface area contributed by atoms with Crippen LogP contribution in [0.15, 0.2) is 23.1 Å². The van der Waals surface area contributed by atoms with Gasteiger partial charge in [0.05, 0.1) is 12.2 Å². The van der Waals surface area contributed by atoms with Gasteiger partial charge >= 0.3 is 0 Å². The molecule has 1 N–H and O–H groups in total. The van der Waals surface area contributed by atoms with Crippen LogP contribution in [0.2, 0.25) is 0 Å². The van der Waals surface area contributed by atoms with Crippen LogP contribution in [-0.2, 0) is 10.0 Å². The molecule has 0 saturated heterocycles. The number of hydrogen-bond acceptors (Lipinski definition) is 4. The Kier molecular flexibility index (Phi) is 2.15. The third kappa shape index (κ3) is 1.56. The van der Waals surface area contributed by atoms with Gasteiger partial charge in [0.25, 0.3) is 15.9 Å². The lowest BCUT2D eigenvalue weighted by molar-refractivity contribution is 0.0985. The van der Waals surface area contributed by atoms with Gasteiger partial charge in [0.15, 0.2) is 0 Å². The molecule has 0 radical (unpaired) electrons. The molecule has 0 atom stereocenters. The first-order chi connectivity index (χ1) is 7.04. The van der Waals surface area contributed by atoms with Crippen LogP contribution in [0, 0.1) is 0 Å². The van der Waals surface area contributed by atoms with Gasteiger partial charge in [0, 0.05) is 6.07 Å². The Morgan fingerprint density at radius 2 is 2.13 bits per heavy atom. The summed E-state index contributed by atoms with van der Waals surface area (Å²) in [5.41, 5.74) is 0.165. The summed E-state index contributed by atoms with van der Waals surface area (Å²) in [6, 6.07) is 4.37. The lowest BCUT2D eigenvalue weighted by Gasteiger charge is -2.03. The van der Waals surface area contributed by atoms with Crippen molar-refractivity contribution in [2.75, 3.05) is 6.61 Å². The van der Waals surface area contributed by atoms with Crippen molar-refractivity contribution in [3.8, 4) is 5.75 Å². The first-order valence-electron chi connectivity index (χ1n) is 4.38. The van der Waals surface area contributed by atoms with Gasteiger partial charge in [-0.2, -0.15) is 0 Å². The number of fused-ring (bicyclic) bond motifs is 1. The first kappa shape index (κ1) is 9.97. The van der Waals surface area contributed by atoms with Crippen molar-refractivity contribution in [1.82, 2.24) is 4.72 Å². The third-order valence-electron chi connectivity index (χ3n) is 2.03. The highest BCUT2D eigenvalue weighted by atomic mass is 32.2. The second-order valence-electron chi connectivity index (χ2n) is 3.03. The van der Waals surface area contributed by atoms with E-state index in [9.17, 15) is 13.2 Å². The van der Waals surface area contributed by atoms with Gasteiger partial charge < -0.3 is 4.74 Å². The molecule has 0 spiro atoms. The van der Waals surface area contributed by atoms with E-state index < -0.39 is 15.9 Å². The molecule has 1 aliphatic rings. The molecule has 0 aliphatic carbocycles. The number of carbonyl (C=O) groups is 1. The average molecular weight is 227 g/mol. The summed E-state index contributed by atoms with van der Waals surface area (Å²) < 4.78 is 29.9. The molecule has 0 saturated carbocycles. The van der Waals surface area contributed by atoms with E-state index in [0.717, 1.165) is 0 Å². The summed E-state index contributed by atoms with van der Waals surface area (Å²) in [5, 5.41) is 0. The molecule has 1 amide bonds. The maximum absolute atomic E-state index is 11.4. The topological polar surface area (TPSA) is 72.5 Å². The molecule has 0 fully saturated rings. The van der Waals surface area contributed by atoms with Crippen LogP contribution < -0.4 is 9.46 Å². The monoisotopic (exact) mass is 227 g/mol. The number of carbonyl (C=O) groups excluding carboxylic acids is 1. The molecule has 1 aromatic carbocycles. The number of benzene rings is 1. The Morgan fingerprint density at radius 1 is 1.40 bits per heavy atom. The van der Waals surface area contributed by atoms with Gasteiger partial charge in [-0.25, -0.2) is 13.1 Å². The van der Waals surface area contributed by atoms with Crippen molar-refractivity contribution in [2.24, 2.45) is 0 Å². The van der Waals surface area contributed by atoms with Crippen molar-refractivity contribution in [3.05, 3.63) is 23.8 Å². The second kappa shape index (κ2) is 3.23. The molecule has 1 heterocycles. The van der Waals surface area contributed by atoms with Crippen molar-refractivity contribution in [3.63, 3.8) is 0 Å². The van der Waals surface area contributed by atoms with E-state index in [1.54, 1.807) is 13.0 Å². The molecular formula is C9H9NO4S. The average Bonchev–Trinajstić information content (AvgIpc) is 2.38. The van der Waals surface area contributed by atoms with E-state index in [1.165, 1.54) is 12.1 Å². The zero-order valence-electron chi connectivity index (χ0n) is 7.98. The summed E-state index contributed by atoms with van der Waals surface area (Å²) in [6.07, 6.45) is 0. The van der Waals surface area contributed by atoms with Crippen LogP contribution in [0.1, 0.15) is 17.3 Å².